The highest BCUT2D eigenvalue weighted by molar-refractivity contribution is 5.51. The molecule has 0 saturated carbocycles. The zero-order chi connectivity index (χ0) is 14.5. The van der Waals surface area contributed by atoms with Crippen molar-refractivity contribution in [1.82, 2.24) is 19.9 Å². The van der Waals surface area contributed by atoms with E-state index < -0.39 is 0 Å². The van der Waals surface area contributed by atoms with Gasteiger partial charge < -0.3 is 13.7 Å². The number of rotatable bonds is 6. The largest absolute Gasteiger partial charge is 0.472 e. The van der Waals surface area contributed by atoms with E-state index in [-0.39, 0.29) is 0 Å². The van der Waals surface area contributed by atoms with Crippen LogP contribution in [0.2, 0.25) is 0 Å². The molecule has 114 valence electrons. The van der Waals surface area contributed by atoms with Gasteiger partial charge in [-0.2, -0.15) is 4.98 Å². The highest BCUT2D eigenvalue weighted by Gasteiger charge is 2.14. The first-order valence-electron chi connectivity index (χ1n) is 7.15. The van der Waals surface area contributed by atoms with Crippen LogP contribution in [0.3, 0.4) is 0 Å². The number of furan rings is 1. The average molecular weight is 292 g/mol. The van der Waals surface area contributed by atoms with Crippen LogP contribution in [-0.2, 0) is 11.3 Å². The van der Waals surface area contributed by atoms with E-state index in [1.807, 2.05) is 6.07 Å². The second-order valence-corrected chi connectivity index (χ2v) is 5.22. The van der Waals surface area contributed by atoms with E-state index in [4.69, 9.17) is 13.7 Å². The number of nitrogens with zero attached hydrogens (tertiary/aromatic N) is 4. The van der Waals surface area contributed by atoms with Crippen LogP contribution < -0.4 is 0 Å². The fraction of sp³-hybridized carbons (Fsp3) is 0.571. The molecular weight excluding hydrogens is 272 g/mol. The lowest BCUT2D eigenvalue weighted by atomic mass is 10.3. The maximum absolute atomic E-state index is 5.34. The van der Waals surface area contributed by atoms with Crippen molar-refractivity contribution < 1.29 is 13.7 Å². The van der Waals surface area contributed by atoms with Crippen LogP contribution in [0.15, 0.2) is 27.5 Å². The Kier molecular flexibility index (Phi) is 4.64. The SMILES string of the molecule is CN(CCN1CCOCC1)Cc1nc(-c2ccoc2)no1. The van der Waals surface area contributed by atoms with Crippen molar-refractivity contribution in [2.75, 3.05) is 46.4 Å². The second-order valence-electron chi connectivity index (χ2n) is 5.22. The summed E-state index contributed by atoms with van der Waals surface area (Å²) in [5.41, 5.74) is 0.834. The van der Waals surface area contributed by atoms with Crippen LogP contribution in [0.1, 0.15) is 5.89 Å². The smallest absolute Gasteiger partial charge is 0.241 e. The Morgan fingerprint density at radius 2 is 2.19 bits per heavy atom. The molecule has 1 aliphatic heterocycles. The van der Waals surface area contributed by atoms with Crippen LogP contribution in [0.25, 0.3) is 11.4 Å². The molecule has 0 bridgehead atoms. The van der Waals surface area contributed by atoms with Crippen molar-refractivity contribution >= 4 is 0 Å². The number of hydrogen-bond acceptors (Lipinski definition) is 7. The van der Waals surface area contributed by atoms with Gasteiger partial charge in [0.25, 0.3) is 0 Å². The van der Waals surface area contributed by atoms with Gasteiger partial charge in [0.2, 0.25) is 11.7 Å². The van der Waals surface area contributed by atoms with E-state index in [2.05, 4.69) is 27.0 Å². The van der Waals surface area contributed by atoms with Crippen LogP contribution in [0.4, 0.5) is 0 Å². The van der Waals surface area contributed by atoms with Gasteiger partial charge in [0.1, 0.15) is 6.26 Å². The molecule has 21 heavy (non-hydrogen) atoms. The van der Waals surface area contributed by atoms with Crippen LogP contribution >= 0.6 is 0 Å². The molecule has 3 heterocycles. The third-order valence-electron chi connectivity index (χ3n) is 3.55. The predicted octanol–water partition coefficient (Wildman–Crippen LogP) is 1.09. The molecule has 3 rings (SSSR count). The summed E-state index contributed by atoms with van der Waals surface area (Å²) in [5.74, 6) is 1.19. The Balaban J connectivity index is 1.47. The highest BCUT2D eigenvalue weighted by atomic mass is 16.5. The van der Waals surface area contributed by atoms with Crippen LogP contribution in [0, 0.1) is 0 Å². The molecule has 0 spiro atoms. The zero-order valence-electron chi connectivity index (χ0n) is 12.2. The summed E-state index contributed by atoms with van der Waals surface area (Å²) in [6, 6.07) is 1.82. The minimum Gasteiger partial charge on any atom is -0.472 e. The molecule has 0 atom stereocenters. The zero-order valence-corrected chi connectivity index (χ0v) is 12.2. The lowest BCUT2D eigenvalue weighted by Crippen LogP contribution is -2.40. The van der Waals surface area contributed by atoms with E-state index >= 15 is 0 Å². The second kappa shape index (κ2) is 6.84. The van der Waals surface area contributed by atoms with Crippen molar-refractivity contribution in [1.29, 1.82) is 0 Å². The van der Waals surface area contributed by atoms with Gasteiger partial charge in [-0.25, -0.2) is 0 Å². The van der Waals surface area contributed by atoms with Gasteiger partial charge in [-0.3, -0.25) is 9.80 Å². The van der Waals surface area contributed by atoms with E-state index in [1.54, 1.807) is 12.5 Å². The first kappa shape index (κ1) is 14.2. The van der Waals surface area contributed by atoms with Gasteiger partial charge in [0, 0.05) is 26.2 Å². The Morgan fingerprint density at radius 1 is 1.33 bits per heavy atom. The first-order valence-corrected chi connectivity index (χ1v) is 7.15. The summed E-state index contributed by atoms with van der Waals surface area (Å²) in [6.07, 6.45) is 3.20. The number of hydrogen-bond donors (Lipinski definition) is 0. The molecule has 1 aliphatic rings. The number of aromatic nitrogens is 2. The number of ether oxygens (including phenoxy) is 1. The van der Waals surface area contributed by atoms with Crippen molar-refractivity contribution in [2.24, 2.45) is 0 Å². The van der Waals surface area contributed by atoms with E-state index in [9.17, 15) is 0 Å². The summed E-state index contributed by atoms with van der Waals surface area (Å²) in [5, 5.41) is 3.96. The average Bonchev–Trinajstić information content (AvgIpc) is 3.17. The molecule has 1 fully saturated rings. The summed E-state index contributed by atoms with van der Waals surface area (Å²) in [4.78, 5) is 8.96. The van der Waals surface area contributed by atoms with Crippen LogP contribution in [-0.4, -0.2) is 66.4 Å². The molecule has 0 radical (unpaired) electrons. The Morgan fingerprint density at radius 3 is 2.95 bits per heavy atom. The van der Waals surface area contributed by atoms with Crippen molar-refractivity contribution in [3.05, 3.63) is 24.5 Å². The normalized spacial score (nSPS) is 16.7. The predicted molar refractivity (Wildman–Crippen MR) is 75.6 cm³/mol. The van der Waals surface area contributed by atoms with Gasteiger partial charge in [-0.1, -0.05) is 5.16 Å². The Bertz CT molecular complexity index is 534. The summed E-state index contributed by atoms with van der Waals surface area (Å²) < 4.78 is 15.6. The third kappa shape index (κ3) is 3.90. The van der Waals surface area contributed by atoms with Gasteiger partial charge >= 0.3 is 0 Å². The fourth-order valence-electron chi connectivity index (χ4n) is 2.27. The number of likely N-dealkylation sites (N-methyl/N-ethyl adjacent to an activating group) is 1. The molecule has 0 aliphatic carbocycles. The lowest BCUT2D eigenvalue weighted by Gasteiger charge is -2.28. The molecule has 0 N–H and O–H groups in total. The van der Waals surface area contributed by atoms with Crippen molar-refractivity contribution in [3.63, 3.8) is 0 Å². The lowest BCUT2D eigenvalue weighted by molar-refractivity contribution is 0.0338. The first-order chi connectivity index (χ1) is 10.3. The molecule has 0 unspecified atom stereocenters. The van der Waals surface area contributed by atoms with Gasteiger partial charge in [0.05, 0.1) is 31.6 Å². The summed E-state index contributed by atoms with van der Waals surface area (Å²) in [6.45, 7) is 6.34. The number of morpholine rings is 1. The minimum atomic E-state index is 0.570. The molecule has 2 aromatic rings. The molecule has 1 saturated heterocycles. The molecular formula is C14H20N4O3. The Hall–Kier alpha value is -1.70. The molecule has 0 aromatic carbocycles. The van der Waals surface area contributed by atoms with Gasteiger partial charge in [0.15, 0.2) is 0 Å². The van der Waals surface area contributed by atoms with Gasteiger partial charge in [-0.05, 0) is 13.1 Å². The Labute approximate surface area is 123 Å². The molecule has 0 amide bonds. The molecule has 2 aromatic heterocycles. The standard InChI is InChI=1S/C14H20N4O3/c1-17(3-4-18-5-8-19-9-6-18)10-13-15-14(16-21-13)12-2-7-20-11-12/h2,7,11H,3-6,8-10H2,1H3. The van der Waals surface area contributed by atoms with E-state index in [0.717, 1.165) is 45.0 Å². The highest BCUT2D eigenvalue weighted by Crippen LogP contribution is 2.16. The summed E-state index contributed by atoms with van der Waals surface area (Å²) in [7, 11) is 2.06. The van der Waals surface area contributed by atoms with Crippen molar-refractivity contribution in [3.8, 4) is 11.4 Å². The monoisotopic (exact) mass is 292 g/mol. The third-order valence-corrected chi connectivity index (χ3v) is 3.55. The maximum atomic E-state index is 5.34. The minimum absolute atomic E-state index is 0.570. The van der Waals surface area contributed by atoms with E-state index in [0.29, 0.717) is 18.3 Å². The van der Waals surface area contributed by atoms with E-state index in [1.165, 1.54) is 0 Å². The maximum Gasteiger partial charge on any atom is 0.241 e. The topological polar surface area (TPSA) is 67.8 Å². The van der Waals surface area contributed by atoms with Gasteiger partial charge in [-0.15, -0.1) is 0 Å². The quantitative estimate of drug-likeness (QED) is 0.789. The fourth-order valence-corrected chi connectivity index (χ4v) is 2.27. The van der Waals surface area contributed by atoms with Crippen molar-refractivity contribution in [2.45, 2.75) is 6.54 Å². The summed E-state index contributed by atoms with van der Waals surface area (Å²) >= 11 is 0. The molecule has 7 nitrogen and oxygen atoms in total. The molecule has 7 heteroatoms. The van der Waals surface area contributed by atoms with Crippen LogP contribution in [0.5, 0.6) is 0 Å².